The minimum Gasteiger partial charge on any atom is -0.486 e. The molecular weight excluding hydrogens is 507 g/mol. The zero-order valence-electron chi connectivity index (χ0n) is 20.7. The highest BCUT2D eigenvalue weighted by molar-refractivity contribution is 6.30. The molecule has 1 aromatic carbocycles. The summed E-state index contributed by atoms with van der Waals surface area (Å²) in [5, 5.41) is 9.85. The maximum atomic E-state index is 13.4. The van der Waals surface area contributed by atoms with Crippen LogP contribution in [0.2, 0.25) is 5.02 Å². The monoisotopic (exact) mass is 534 g/mol. The van der Waals surface area contributed by atoms with Crippen LogP contribution < -0.4 is 10.3 Å². The van der Waals surface area contributed by atoms with Gasteiger partial charge in [-0.2, -0.15) is 0 Å². The minimum absolute atomic E-state index is 0.115. The summed E-state index contributed by atoms with van der Waals surface area (Å²) in [4.78, 5) is 53.1. The Hall–Kier alpha value is -3.77. The smallest absolute Gasteiger partial charge is 0.408 e. The Morgan fingerprint density at radius 1 is 1.19 bits per heavy atom. The van der Waals surface area contributed by atoms with Crippen molar-refractivity contribution >= 4 is 34.5 Å². The lowest BCUT2D eigenvalue weighted by molar-refractivity contribution is -0.132. The number of hydrogen-bond acceptors (Lipinski definition) is 7. The van der Waals surface area contributed by atoms with Gasteiger partial charge in [-0.1, -0.05) is 11.6 Å². The molecule has 0 unspecified atom stereocenters. The molecule has 0 aliphatic carbocycles. The van der Waals surface area contributed by atoms with Crippen molar-refractivity contribution in [2.75, 3.05) is 40.3 Å². The highest BCUT2D eigenvalue weighted by Gasteiger charge is 2.22. The number of carbonyl (C=O) groups is 2. The van der Waals surface area contributed by atoms with Crippen LogP contribution in [0.4, 0.5) is 9.18 Å². The third kappa shape index (κ3) is 7.37. The summed E-state index contributed by atoms with van der Waals surface area (Å²) in [5.41, 5.74) is -0.0787. The quantitative estimate of drug-likeness (QED) is 0.383. The first-order chi connectivity index (χ1) is 17.6. The Bertz CT molecular complexity index is 1330. The lowest BCUT2D eigenvalue weighted by atomic mass is 10.2. The van der Waals surface area contributed by atoms with Crippen molar-refractivity contribution in [2.24, 2.45) is 0 Å². The number of benzene rings is 1. The SMILES string of the molecule is CCN(CCN(C)C)C(=O)CN(Cc1nccc2c(=O)[nH]c(COc3ccc(F)c(Cl)c3)nc12)C(=O)O. The molecule has 0 spiro atoms. The molecule has 198 valence electrons. The van der Waals surface area contributed by atoms with Crippen LogP contribution in [-0.2, 0) is 17.9 Å². The molecule has 2 N–H and O–H groups in total. The van der Waals surface area contributed by atoms with Gasteiger partial charge in [0.1, 0.15) is 36.1 Å². The first-order valence-electron chi connectivity index (χ1n) is 11.4. The molecule has 0 fully saturated rings. The van der Waals surface area contributed by atoms with Crippen molar-refractivity contribution in [3.8, 4) is 5.75 Å². The fourth-order valence-corrected chi connectivity index (χ4v) is 3.65. The topological polar surface area (TPSA) is 132 Å². The lowest BCUT2D eigenvalue weighted by Gasteiger charge is -2.26. The van der Waals surface area contributed by atoms with E-state index in [0.29, 0.717) is 19.6 Å². The Balaban J connectivity index is 1.83. The first-order valence-corrected chi connectivity index (χ1v) is 11.8. The number of aromatic nitrogens is 3. The van der Waals surface area contributed by atoms with Crippen LogP contribution in [0.25, 0.3) is 10.9 Å². The van der Waals surface area contributed by atoms with Gasteiger partial charge in [0.05, 0.1) is 22.6 Å². The highest BCUT2D eigenvalue weighted by atomic mass is 35.5. The summed E-state index contributed by atoms with van der Waals surface area (Å²) in [6.07, 6.45) is 0.0696. The first kappa shape index (κ1) is 27.8. The van der Waals surface area contributed by atoms with Crippen LogP contribution in [0.15, 0.2) is 35.3 Å². The molecule has 2 aromatic heterocycles. The summed E-state index contributed by atoms with van der Waals surface area (Å²) < 4.78 is 18.9. The molecule has 0 aliphatic heterocycles. The number of likely N-dealkylation sites (N-methyl/N-ethyl adjacent to an activating group) is 2. The number of hydrogen-bond donors (Lipinski definition) is 2. The van der Waals surface area contributed by atoms with Gasteiger partial charge in [-0.25, -0.2) is 14.2 Å². The van der Waals surface area contributed by atoms with E-state index >= 15 is 0 Å². The largest absolute Gasteiger partial charge is 0.486 e. The number of nitrogens with zero attached hydrogens (tertiary/aromatic N) is 5. The zero-order valence-corrected chi connectivity index (χ0v) is 21.5. The van der Waals surface area contributed by atoms with Crippen LogP contribution in [0.5, 0.6) is 5.75 Å². The molecule has 0 saturated carbocycles. The van der Waals surface area contributed by atoms with Gasteiger partial charge < -0.3 is 24.6 Å². The van der Waals surface area contributed by atoms with Gasteiger partial charge in [-0.15, -0.1) is 0 Å². The molecule has 2 heterocycles. The predicted molar refractivity (Wildman–Crippen MR) is 135 cm³/mol. The van der Waals surface area contributed by atoms with Crippen molar-refractivity contribution < 1.29 is 23.8 Å². The van der Waals surface area contributed by atoms with Crippen molar-refractivity contribution in [1.82, 2.24) is 29.7 Å². The second-order valence-electron chi connectivity index (χ2n) is 8.45. The minimum atomic E-state index is -1.31. The zero-order chi connectivity index (χ0) is 27.1. The van der Waals surface area contributed by atoms with Crippen molar-refractivity contribution in [3.63, 3.8) is 0 Å². The molecule has 0 aliphatic rings. The van der Waals surface area contributed by atoms with Gasteiger partial charge in [-0.3, -0.25) is 19.5 Å². The maximum absolute atomic E-state index is 13.4. The molecule has 0 bridgehead atoms. The van der Waals surface area contributed by atoms with Crippen LogP contribution in [0, 0.1) is 5.82 Å². The number of rotatable bonds is 11. The molecular formula is C24H28ClFN6O5. The van der Waals surface area contributed by atoms with Crippen molar-refractivity contribution in [3.05, 3.63) is 63.2 Å². The lowest BCUT2D eigenvalue weighted by Crippen LogP contribution is -2.44. The number of fused-ring (bicyclic) bond motifs is 1. The third-order valence-electron chi connectivity index (χ3n) is 5.50. The second-order valence-corrected chi connectivity index (χ2v) is 8.85. The number of carboxylic acid groups (broad SMARTS) is 1. The Morgan fingerprint density at radius 2 is 1.95 bits per heavy atom. The Kier molecular flexibility index (Phi) is 9.36. The third-order valence-corrected chi connectivity index (χ3v) is 5.79. The number of H-pyrrole nitrogens is 1. The predicted octanol–water partition coefficient (Wildman–Crippen LogP) is 2.58. The molecule has 3 aromatic rings. The van der Waals surface area contributed by atoms with E-state index < -0.39 is 17.5 Å². The summed E-state index contributed by atoms with van der Waals surface area (Å²) in [5.74, 6) is -0.523. The Labute approximate surface area is 217 Å². The van der Waals surface area contributed by atoms with E-state index in [9.17, 15) is 23.9 Å². The number of ether oxygens (including phenoxy) is 1. The molecule has 3 rings (SSSR count). The summed E-state index contributed by atoms with van der Waals surface area (Å²) in [6, 6.07) is 5.29. The second kappa shape index (κ2) is 12.5. The fourth-order valence-electron chi connectivity index (χ4n) is 3.48. The van der Waals surface area contributed by atoms with Crippen LogP contribution in [0.3, 0.4) is 0 Å². The van der Waals surface area contributed by atoms with Crippen LogP contribution >= 0.6 is 11.6 Å². The van der Waals surface area contributed by atoms with Gasteiger partial charge in [-0.05, 0) is 39.2 Å². The molecule has 0 saturated heterocycles. The molecule has 37 heavy (non-hydrogen) atoms. The number of nitrogens with one attached hydrogen (secondary N) is 1. The molecule has 11 nitrogen and oxygen atoms in total. The van der Waals surface area contributed by atoms with Crippen molar-refractivity contribution in [1.29, 1.82) is 0 Å². The fraction of sp³-hybridized carbons (Fsp3) is 0.375. The van der Waals surface area contributed by atoms with Gasteiger partial charge in [0, 0.05) is 31.9 Å². The van der Waals surface area contributed by atoms with Gasteiger partial charge >= 0.3 is 6.09 Å². The summed E-state index contributed by atoms with van der Waals surface area (Å²) in [7, 11) is 3.77. The summed E-state index contributed by atoms with van der Waals surface area (Å²) in [6.45, 7) is 2.56. The maximum Gasteiger partial charge on any atom is 0.408 e. The van der Waals surface area contributed by atoms with Gasteiger partial charge in [0.25, 0.3) is 5.56 Å². The normalized spacial score (nSPS) is 11.1. The Morgan fingerprint density at radius 3 is 2.59 bits per heavy atom. The van der Waals surface area contributed by atoms with Crippen LogP contribution in [0.1, 0.15) is 18.4 Å². The van der Waals surface area contributed by atoms with E-state index in [2.05, 4.69) is 15.0 Å². The van der Waals surface area contributed by atoms with Gasteiger partial charge in [0.2, 0.25) is 5.91 Å². The highest BCUT2D eigenvalue weighted by Crippen LogP contribution is 2.22. The molecule has 2 amide bonds. The molecule has 0 radical (unpaired) electrons. The number of amides is 2. The average Bonchev–Trinajstić information content (AvgIpc) is 2.85. The number of carbonyl (C=O) groups excluding carboxylic acids is 1. The number of halogens is 2. The van der Waals surface area contributed by atoms with Crippen LogP contribution in [-0.4, -0.2) is 87.0 Å². The number of pyridine rings is 1. The van der Waals surface area contributed by atoms with E-state index in [-0.39, 0.29) is 58.8 Å². The van der Waals surface area contributed by atoms with E-state index in [1.165, 1.54) is 24.4 Å². The van der Waals surface area contributed by atoms with E-state index in [0.717, 1.165) is 11.0 Å². The van der Waals surface area contributed by atoms with Crippen molar-refractivity contribution in [2.45, 2.75) is 20.1 Å². The van der Waals surface area contributed by atoms with E-state index in [1.807, 2.05) is 25.9 Å². The molecule has 13 heteroatoms. The van der Waals surface area contributed by atoms with E-state index in [1.54, 1.807) is 4.90 Å². The standard InChI is InChI=1S/C24H28ClFN6O5/c1-4-31(10-9-30(2)3)21(33)13-32(24(35)36)12-19-22-16(7-8-27-19)23(34)29-20(28-22)14-37-15-5-6-18(26)17(25)11-15/h5-8,11H,4,9-10,12-14H2,1-3H3,(H,35,36)(H,28,29,34). The number of aromatic amines is 1. The van der Waals surface area contributed by atoms with Gasteiger partial charge in [0.15, 0.2) is 0 Å². The van der Waals surface area contributed by atoms with E-state index in [4.69, 9.17) is 16.3 Å². The summed E-state index contributed by atoms with van der Waals surface area (Å²) >= 11 is 5.77. The molecule has 0 atom stereocenters. The average molecular weight is 535 g/mol.